The molecule has 2 aromatic heterocycles. The van der Waals surface area contributed by atoms with Gasteiger partial charge in [0.25, 0.3) is 0 Å². The lowest BCUT2D eigenvalue weighted by atomic mass is 10.2. The first-order valence-electron chi connectivity index (χ1n) is 7.73. The summed E-state index contributed by atoms with van der Waals surface area (Å²) in [6, 6.07) is 12.4. The lowest BCUT2D eigenvalue weighted by Gasteiger charge is -2.02. The normalized spacial score (nSPS) is 11.1. The first-order valence-corrected chi connectivity index (χ1v) is 9.53. The molecule has 0 aliphatic rings. The maximum atomic E-state index is 10.6. The molecule has 10 heteroatoms. The standard InChI is InChI=1S/C15H15N3S2.C2HF3O2/c1-2-11-8-12-13(16)17-15(18-14(12)20-11)19-9-10-6-4-3-5-7-10;3-2(4,5)1(6)7/h3-8H,2,9H2,1H3,(H2,16,17,18);(H,6,7). The Hall–Kier alpha value is -2.33. The highest BCUT2D eigenvalue weighted by Crippen LogP contribution is 2.30. The number of aliphatic carboxylic acids is 1. The zero-order chi connectivity index (χ0) is 20.0. The van der Waals surface area contributed by atoms with Gasteiger partial charge in [-0.25, -0.2) is 14.8 Å². The predicted octanol–water partition coefficient (Wildman–Crippen LogP) is 4.76. The summed E-state index contributed by atoms with van der Waals surface area (Å²) in [7, 11) is 0. The van der Waals surface area contributed by atoms with Crippen LogP contribution in [-0.2, 0) is 17.0 Å². The molecule has 3 N–H and O–H groups in total. The van der Waals surface area contributed by atoms with E-state index in [1.807, 2.05) is 18.2 Å². The first-order chi connectivity index (χ1) is 12.7. The van der Waals surface area contributed by atoms with Crippen molar-refractivity contribution in [1.29, 1.82) is 0 Å². The summed E-state index contributed by atoms with van der Waals surface area (Å²) in [4.78, 5) is 20.2. The number of hydrogen-bond donors (Lipinski definition) is 2. The number of anilines is 1. The van der Waals surface area contributed by atoms with E-state index in [1.165, 1.54) is 10.4 Å². The maximum absolute atomic E-state index is 10.6. The SMILES string of the molecule is CCc1cc2c(N)nc(SCc3ccccc3)nc2s1.O=C(O)C(F)(F)F. The Kier molecular flexibility index (Phi) is 7.03. The van der Waals surface area contributed by atoms with E-state index in [9.17, 15) is 13.2 Å². The Morgan fingerprint density at radius 1 is 1.26 bits per heavy atom. The molecule has 27 heavy (non-hydrogen) atoms. The van der Waals surface area contributed by atoms with Gasteiger partial charge in [-0.05, 0) is 18.1 Å². The number of nitrogen functional groups attached to an aromatic ring is 1. The third-order valence-electron chi connectivity index (χ3n) is 3.25. The van der Waals surface area contributed by atoms with Crippen LogP contribution in [-0.4, -0.2) is 27.2 Å². The summed E-state index contributed by atoms with van der Waals surface area (Å²) in [6.45, 7) is 2.14. The third-order valence-corrected chi connectivity index (χ3v) is 5.35. The minimum atomic E-state index is -5.08. The van der Waals surface area contributed by atoms with Gasteiger partial charge in [-0.1, -0.05) is 49.0 Å². The number of hydrogen-bond acceptors (Lipinski definition) is 6. The minimum Gasteiger partial charge on any atom is -0.475 e. The van der Waals surface area contributed by atoms with Crippen molar-refractivity contribution in [2.24, 2.45) is 0 Å². The van der Waals surface area contributed by atoms with E-state index in [1.54, 1.807) is 23.1 Å². The van der Waals surface area contributed by atoms with Crippen molar-refractivity contribution in [3.05, 3.63) is 46.8 Å². The summed E-state index contributed by atoms with van der Waals surface area (Å²) >= 11 is 3.33. The summed E-state index contributed by atoms with van der Waals surface area (Å²) in [5.74, 6) is -1.31. The number of carboxylic acids is 1. The number of nitrogens with zero attached hydrogens (tertiary/aromatic N) is 2. The Morgan fingerprint density at radius 2 is 1.89 bits per heavy atom. The molecule has 0 bridgehead atoms. The fourth-order valence-corrected chi connectivity index (χ4v) is 3.77. The molecule has 5 nitrogen and oxygen atoms in total. The van der Waals surface area contributed by atoms with Gasteiger partial charge in [0.1, 0.15) is 10.6 Å². The van der Waals surface area contributed by atoms with Gasteiger partial charge in [0, 0.05) is 10.6 Å². The number of nitrogens with two attached hydrogens (primary N) is 1. The van der Waals surface area contributed by atoms with Crippen molar-refractivity contribution < 1.29 is 23.1 Å². The Morgan fingerprint density at radius 3 is 2.44 bits per heavy atom. The van der Waals surface area contributed by atoms with E-state index in [4.69, 9.17) is 15.6 Å². The van der Waals surface area contributed by atoms with Crippen LogP contribution >= 0.6 is 23.1 Å². The summed E-state index contributed by atoms with van der Waals surface area (Å²) in [5.41, 5.74) is 7.30. The van der Waals surface area contributed by atoms with E-state index >= 15 is 0 Å². The van der Waals surface area contributed by atoms with Crippen molar-refractivity contribution in [3.63, 3.8) is 0 Å². The summed E-state index contributed by atoms with van der Waals surface area (Å²) < 4.78 is 31.7. The van der Waals surface area contributed by atoms with Crippen molar-refractivity contribution in [1.82, 2.24) is 9.97 Å². The molecule has 0 saturated heterocycles. The Labute approximate surface area is 161 Å². The smallest absolute Gasteiger partial charge is 0.475 e. The largest absolute Gasteiger partial charge is 0.490 e. The second kappa shape index (κ2) is 9.05. The van der Waals surface area contributed by atoms with E-state index in [-0.39, 0.29) is 0 Å². The lowest BCUT2D eigenvalue weighted by molar-refractivity contribution is -0.192. The molecule has 0 aliphatic heterocycles. The average molecular weight is 415 g/mol. The number of thiophene rings is 1. The van der Waals surface area contributed by atoms with Crippen molar-refractivity contribution in [2.75, 3.05) is 5.73 Å². The van der Waals surface area contributed by atoms with Gasteiger partial charge in [-0.15, -0.1) is 11.3 Å². The predicted molar refractivity (Wildman–Crippen MR) is 101 cm³/mol. The molecule has 0 unspecified atom stereocenters. The number of rotatable bonds is 4. The molecule has 2 heterocycles. The van der Waals surface area contributed by atoms with Crippen LogP contribution in [0.3, 0.4) is 0 Å². The van der Waals surface area contributed by atoms with Crippen LogP contribution in [0.1, 0.15) is 17.4 Å². The van der Waals surface area contributed by atoms with Crippen molar-refractivity contribution >= 4 is 45.1 Å². The van der Waals surface area contributed by atoms with Crippen LogP contribution in [0.4, 0.5) is 19.0 Å². The number of fused-ring (bicyclic) bond motifs is 1. The number of halogens is 3. The minimum absolute atomic E-state index is 0.585. The zero-order valence-electron chi connectivity index (χ0n) is 14.2. The highest BCUT2D eigenvalue weighted by Gasteiger charge is 2.38. The fraction of sp³-hybridized carbons (Fsp3) is 0.235. The molecule has 0 amide bonds. The number of carboxylic acid groups (broad SMARTS) is 1. The molecule has 3 rings (SSSR count). The summed E-state index contributed by atoms with van der Waals surface area (Å²) in [6.07, 6.45) is -4.08. The third kappa shape index (κ3) is 6.10. The number of benzene rings is 1. The molecule has 0 radical (unpaired) electrons. The van der Waals surface area contributed by atoms with Gasteiger partial charge in [0.2, 0.25) is 0 Å². The molecule has 0 atom stereocenters. The Balaban J connectivity index is 0.000000321. The zero-order valence-corrected chi connectivity index (χ0v) is 15.8. The van der Waals surface area contributed by atoms with Crippen molar-refractivity contribution in [2.45, 2.75) is 30.4 Å². The van der Waals surface area contributed by atoms with Crippen LogP contribution in [0.2, 0.25) is 0 Å². The van der Waals surface area contributed by atoms with Gasteiger partial charge >= 0.3 is 12.1 Å². The molecular formula is C17H16F3N3O2S2. The van der Waals surface area contributed by atoms with Crippen LogP contribution in [0.5, 0.6) is 0 Å². The van der Waals surface area contributed by atoms with Crippen LogP contribution < -0.4 is 5.73 Å². The fourth-order valence-electron chi connectivity index (χ4n) is 1.93. The van der Waals surface area contributed by atoms with Gasteiger partial charge in [-0.3, -0.25) is 0 Å². The quantitative estimate of drug-likeness (QED) is 0.472. The molecule has 0 saturated carbocycles. The van der Waals surface area contributed by atoms with Crippen molar-refractivity contribution in [3.8, 4) is 0 Å². The van der Waals surface area contributed by atoms with Gasteiger partial charge in [0.15, 0.2) is 5.16 Å². The first kappa shape index (κ1) is 21.0. The number of carbonyl (C=O) groups is 1. The van der Waals surface area contributed by atoms with Crippen LogP contribution in [0.15, 0.2) is 41.6 Å². The van der Waals surface area contributed by atoms with Crippen LogP contribution in [0.25, 0.3) is 10.2 Å². The van der Waals surface area contributed by atoms with Gasteiger partial charge in [-0.2, -0.15) is 13.2 Å². The number of alkyl halides is 3. The highest BCUT2D eigenvalue weighted by atomic mass is 32.2. The molecule has 0 fully saturated rings. The molecule has 1 aromatic carbocycles. The maximum Gasteiger partial charge on any atom is 0.490 e. The monoisotopic (exact) mass is 415 g/mol. The number of aryl methyl sites for hydroxylation is 1. The van der Waals surface area contributed by atoms with E-state index < -0.39 is 12.1 Å². The van der Waals surface area contributed by atoms with Gasteiger partial charge in [0.05, 0.1) is 5.39 Å². The second-order valence-electron chi connectivity index (χ2n) is 5.25. The molecule has 0 aliphatic carbocycles. The van der Waals surface area contributed by atoms with E-state index in [0.717, 1.165) is 27.5 Å². The van der Waals surface area contributed by atoms with E-state index in [0.29, 0.717) is 5.82 Å². The average Bonchev–Trinajstić information content (AvgIpc) is 3.04. The molecule has 3 aromatic rings. The molecule has 0 spiro atoms. The Bertz CT molecular complexity index is 915. The second-order valence-corrected chi connectivity index (χ2v) is 7.31. The van der Waals surface area contributed by atoms with Crippen LogP contribution in [0, 0.1) is 0 Å². The van der Waals surface area contributed by atoms with E-state index in [2.05, 4.69) is 35.1 Å². The number of thioether (sulfide) groups is 1. The molecular weight excluding hydrogens is 399 g/mol. The summed E-state index contributed by atoms with van der Waals surface area (Å²) in [5, 5.41) is 8.86. The topological polar surface area (TPSA) is 89.1 Å². The molecule has 144 valence electrons. The lowest BCUT2D eigenvalue weighted by Crippen LogP contribution is -2.21. The van der Waals surface area contributed by atoms with Gasteiger partial charge < -0.3 is 10.8 Å². The number of aromatic nitrogens is 2. The highest BCUT2D eigenvalue weighted by molar-refractivity contribution is 7.98.